The van der Waals surface area contributed by atoms with Crippen molar-refractivity contribution >= 4 is 11.2 Å². The second-order valence-corrected chi connectivity index (χ2v) is 7.49. The number of aromatic amines is 1. The molecule has 4 rings (SSSR count). The molecule has 10 heteroatoms. The number of aliphatic hydroxyl groups is 1. The summed E-state index contributed by atoms with van der Waals surface area (Å²) in [5.74, 6) is 0.928. The molecule has 0 fully saturated rings. The van der Waals surface area contributed by atoms with Gasteiger partial charge in [0, 0.05) is 12.0 Å². The monoisotopic (exact) mass is 456 g/mol. The average Bonchev–Trinajstić information content (AvgIpc) is 3.13. The zero-order chi connectivity index (χ0) is 23.5. The predicted molar refractivity (Wildman–Crippen MR) is 118 cm³/mol. The maximum atomic E-state index is 12.8. The molecule has 0 aliphatic heterocycles. The molecule has 0 spiro atoms. The van der Waals surface area contributed by atoms with Crippen LogP contribution in [0.3, 0.4) is 0 Å². The maximum absolute atomic E-state index is 12.8. The Bertz CT molecular complexity index is 1320. The summed E-state index contributed by atoms with van der Waals surface area (Å²) < 4.78 is 36.5. The minimum atomic E-state index is -2.97. The molecule has 8 nitrogen and oxygen atoms in total. The van der Waals surface area contributed by atoms with Gasteiger partial charge in [0.2, 0.25) is 0 Å². The van der Waals surface area contributed by atoms with Crippen LogP contribution in [0.1, 0.15) is 18.3 Å². The minimum Gasteiger partial charge on any atom is -0.493 e. The molecule has 2 N–H and O–H groups in total. The van der Waals surface area contributed by atoms with Crippen molar-refractivity contribution in [1.82, 2.24) is 19.5 Å². The number of nitrogens with zero attached hydrogens (tertiary/aromatic N) is 3. The van der Waals surface area contributed by atoms with Crippen LogP contribution >= 0.6 is 0 Å². The molecule has 4 aromatic rings. The quantitative estimate of drug-likeness (QED) is 0.422. The molecule has 2 aromatic carbocycles. The number of aliphatic hydroxyl groups excluding tert-OH is 1. The van der Waals surface area contributed by atoms with Crippen molar-refractivity contribution in [3.8, 4) is 22.9 Å². The molecule has 1 atom stereocenters. The normalized spacial score (nSPS) is 12.3. The number of alkyl halides is 2. The number of aromatic nitrogens is 4. The Balaban J connectivity index is 1.76. The van der Waals surface area contributed by atoms with Gasteiger partial charge in [-0.25, -0.2) is 9.97 Å². The summed E-state index contributed by atoms with van der Waals surface area (Å²) in [7, 11) is 1.35. The predicted octanol–water partition coefficient (Wildman–Crippen LogP) is 3.37. The summed E-state index contributed by atoms with van der Waals surface area (Å²) in [6.07, 6.45) is -0.488. The highest BCUT2D eigenvalue weighted by Gasteiger charge is 2.19. The van der Waals surface area contributed by atoms with E-state index in [0.717, 1.165) is 5.56 Å². The molecule has 0 saturated carbocycles. The van der Waals surface area contributed by atoms with E-state index < -0.39 is 18.3 Å². The van der Waals surface area contributed by atoms with Gasteiger partial charge in [-0.3, -0.25) is 4.79 Å². The molecule has 0 amide bonds. The standard InChI is InChI=1S/C23H22F2N4O4/c1-13(30)12-29-20(15-6-4-3-5-7-15)28-19-21(29)26-18(27-22(19)31)11-14-8-9-16(33-23(24)25)17(10-14)32-2/h3-10,13,23,30H,11-12H2,1-2H3,(H,26,27,31). The molecule has 0 aliphatic rings. The minimum absolute atomic E-state index is 0.0873. The van der Waals surface area contributed by atoms with E-state index in [1.165, 1.54) is 13.2 Å². The van der Waals surface area contributed by atoms with Crippen molar-refractivity contribution in [2.75, 3.05) is 7.11 Å². The van der Waals surface area contributed by atoms with Gasteiger partial charge in [-0.05, 0) is 24.6 Å². The first-order chi connectivity index (χ1) is 15.9. The molecule has 33 heavy (non-hydrogen) atoms. The van der Waals surface area contributed by atoms with Crippen molar-refractivity contribution in [3.05, 3.63) is 70.3 Å². The number of hydrogen-bond acceptors (Lipinski definition) is 6. The molecular formula is C23H22F2N4O4. The smallest absolute Gasteiger partial charge is 0.387 e. The number of nitrogens with one attached hydrogen (secondary N) is 1. The fourth-order valence-corrected chi connectivity index (χ4v) is 3.59. The van der Waals surface area contributed by atoms with Gasteiger partial charge < -0.3 is 24.1 Å². The molecule has 0 radical (unpaired) electrons. The third kappa shape index (κ3) is 4.85. The molecule has 172 valence electrons. The molecule has 1 unspecified atom stereocenters. The summed E-state index contributed by atoms with van der Waals surface area (Å²) >= 11 is 0. The molecule has 0 bridgehead atoms. The Morgan fingerprint density at radius 1 is 1.12 bits per heavy atom. The second kappa shape index (κ2) is 9.37. The topological polar surface area (TPSA) is 102 Å². The highest BCUT2D eigenvalue weighted by molar-refractivity contribution is 5.76. The lowest BCUT2D eigenvalue weighted by Gasteiger charge is -2.12. The van der Waals surface area contributed by atoms with Crippen molar-refractivity contribution in [1.29, 1.82) is 0 Å². The van der Waals surface area contributed by atoms with E-state index in [4.69, 9.17) is 4.74 Å². The van der Waals surface area contributed by atoms with Gasteiger partial charge in [-0.1, -0.05) is 36.4 Å². The summed E-state index contributed by atoms with van der Waals surface area (Å²) in [4.78, 5) is 24.6. The van der Waals surface area contributed by atoms with Gasteiger partial charge in [0.25, 0.3) is 5.56 Å². The fraction of sp³-hybridized carbons (Fsp3) is 0.261. The van der Waals surface area contributed by atoms with Gasteiger partial charge >= 0.3 is 6.61 Å². The van der Waals surface area contributed by atoms with Gasteiger partial charge in [0.1, 0.15) is 11.6 Å². The van der Waals surface area contributed by atoms with Crippen LogP contribution in [0.15, 0.2) is 53.3 Å². The van der Waals surface area contributed by atoms with Crippen LogP contribution in [0, 0.1) is 0 Å². The zero-order valence-electron chi connectivity index (χ0n) is 18.0. The lowest BCUT2D eigenvalue weighted by molar-refractivity contribution is -0.0512. The van der Waals surface area contributed by atoms with E-state index in [2.05, 4.69) is 19.7 Å². The number of imidazole rings is 1. The van der Waals surface area contributed by atoms with Crippen LogP contribution < -0.4 is 15.0 Å². The fourth-order valence-electron chi connectivity index (χ4n) is 3.59. The van der Waals surface area contributed by atoms with E-state index in [-0.39, 0.29) is 30.0 Å². The molecular weight excluding hydrogens is 434 g/mol. The summed E-state index contributed by atoms with van der Waals surface area (Å²) in [6.45, 7) is -1.13. The van der Waals surface area contributed by atoms with Crippen LogP contribution in [0.25, 0.3) is 22.6 Å². The number of hydrogen-bond donors (Lipinski definition) is 2. The van der Waals surface area contributed by atoms with Crippen molar-refractivity contribution in [3.63, 3.8) is 0 Å². The first-order valence-electron chi connectivity index (χ1n) is 10.2. The van der Waals surface area contributed by atoms with Crippen molar-refractivity contribution in [2.24, 2.45) is 0 Å². The lowest BCUT2D eigenvalue weighted by Crippen LogP contribution is -2.16. The number of halogens is 2. The van der Waals surface area contributed by atoms with Gasteiger partial charge in [-0.2, -0.15) is 8.78 Å². The molecule has 0 aliphatic carbocycles. The first-order valence-corrected chi connectivity index (χ1v) is 10.2. The van der Waals surface area contributed by atoms with Crippen LogP contribution in [0.5, 0.6) is 11.5 Å². The Kier molecular flexibility index (Phi) is 6.36. The van der Waals surface area contributed by atoms with E-state index in [1.807, 2.05) is 30.3 Å². The number of rotatable bonds is 8. The number of H-pyrrole nitrogens is 1. The largest absolute Gasteiger partial charge is 0.493 e. The first kappa shape index (κ1) is 22.4. The molecule has 2 aromatic heterocycles. The van der Waals surface area contributed by atoms with E-state index in [1.54, 1.807) is 23.6 Å². The number of ether oxygens (including phenoxy) is 2. The van der Waals surface area contributed by atoms with Gasteiger partial charge in [0.15, 0.2) is 22.7 Å². The average molecular weight is 456 g/mol. The number of benzene rings is 2. The Morgan fingerprint density at radius 2 is 1.88 bits per heavy atom. The van der Waals surface area contributed by atoms with Crippen LogP contribution in [0.4, 0.5) is 8.78 Å². The summed E-state index contributed by atoms with van der Waals surface area (Å²) in [6, 6.07) is 13.8. The SMILES string of the molecule is COc1cc(Cc2nc3c(nc(-c4ccccc4)n3CC(C)O)c(=O)[nH]2)ccc1OC(F)F. The summed E-state index contributed by atoms with van der Waals surface area (Å²) in [5.41, 5.74) is 1.55. The molecule has 2 heterocycles. The van der Waals surface area contributed by atoms with Crippen LogP contribution in [-0.2, 0) is 13.0 Å². The lowest BCUT2D eigenvalue weighted by atomic mass is 10.1. The van der Waals surface area contributed by atoms with E-state index in [0.29, 0.717) is 22.9 Å². The maximum Gasteiger partial charge on any atom is 0.387 e. The number of fused-ring (bicyclic) bond motifs is 1. The van der Waals surface area contributed by atoms with Gasteiger partial charge in [-0.15, -0.1) is 0 Å². The highest BCUT2D eigenvalue weighted by atomic mass is 19.3. The van der Waals surface area contributed by atoms with E-state index >= 15 is 0 Å². The number of methoxy groups -OCH3 is 1. The molecule has 0 saturated heterocycles. The van der Waals surface area contributed by atoms with Crippen LogP contribution in [-0.4, -0.2) is 44.5 Å². The third-order valence-corrected chi connectivity index (χ3v) is 4.95. The van der Waals surface area contributed by atoms with Crippen molar-refractivity contribution < 1.29 is 23.4 Å². The van der Waals surface area contributed by atoms with E-state index in [9.17, 15) is 18.7 Å². The van der Waals surface area contributed by atoms with Gasteiger partial charge in [0.05, 0.1) is 19.8 Å². The van der Waals surface area contributed by atoms with Crippen molar-refractivity contribution in [2.45, 2.75) is 32.6 Å². The Hall–Kier alpha value is -3.79. The van der Waals surface area contributed by atoms with Crippen LogP contribution in [0.2, 0.25) is 0 Å². The highest BCUT2D eigenvalue weighted by Crippen LogP contribution is 2.30. The zero-order valence-corrected chi connectivity index (χ0v) is 18.0. The Morgan fingerprint density at radius 3 is 2.55 bits per heavy atom. The second-order valence-electron chi connectivity index (χ2n) is 7.49. The summed E-state index contributed by atoms with van der Waals surface area (Å²) in [5, 5.41) is 10.0. The third-order valence-electron chi connectivity index (χ3n) is 4.95. The Labute approximate surface area is 187 Å².